The van der Waals surface area contributed by atoms with Crippen LogP contribution in [-0.2, 0) is 124 Å². The van der Waals surface area contributed by atoms with Crippen molar-refractivity contribution in [3.63, 3.8) is 0 Å². The molecule has 0 rings (SSSR count). The Bertz CT molecular complexity index is 1820. The number of nitrogens with one attached hydrogen (secondary N) is 10. The van der Waals surface area contributed by atoms with Crippen LogP contribution in [0.25, 0.3) is 0 Å². The lowest BCUT2D eigenvalue weighted by atomic mass is 10.1. The predicted molar refractivity (Wildman–Crippen MR) is 449 cm³/mol. The Morgan fingerprint density at radius 1 is 0.148 bits per heavy atom. The van der Waals surface area contributed by atoms with Crippen molar-refractivity contribution in [1.82, 2.24) is 53.2 Å². The molecule has 0 bridgehead atoms. The van der Waals surface area contributed by atoms with E-state index in [1.165, 1.54) is 7.11 Å². The number of amides is 10. The Hall–Kier alpha value is -5.94. The van der Waals surface area contributed by atoms with Gasteiger partial charge in [0.15, 0.2) is 0 Å². The zero-order valence-corrected chi connectivity index (χ0v) is 75.3. The quantitative estimate of drug-likeness (QED) is 0.0377. The number of carbonyl (C=O) groups is 10. The summed E-state index contributed by atoms with van der Waals surface area (Å²) in [5, 5.41) is 25.4. The monoisotopic (exact) mass is 1670 g/mol. The highest BCUT2D eigenvalue weighted by Gasteiger charge is 2.04. The molecule has 0 saturated carbocycles. The third kappa shape index (κ3) is 153. The van der Waals surface area contributed by atoms with Crippen LogP contribution in [0.4, 0.5) is 0 Å². The third-order valence-electron chi connectivity index (χ3n) is 14.2. The molecule has 115 heavy (non-hydrogen) atoms. The Balaban J connectivity index is -0.000000134. The molecule has 0 radical (unpaired) electrons. The van der Waals surface area contributed by atoms with Gasteiger partial charge in [-0.2, -0.15) is 0 Å². The molecule has 10 amide bonds. The third-order valence-corrected chi connectivity index (χ3v) is 14.2. The number of methoxy groups -OCH3 is 10. The maximum Gasteiger partial charge on any atom is 0.245 e. The summed E-state index contributed by atoms with van der Waals surface area (Å²) in [6, 6.07) is 0. The van der Waals surface area contributed by atoms with Gasteiger partial charge in [-0.15, -0.1) is 0 Å². The second-order valence-electron chi connectivity index (χ2n) is 23.9. The fourth-order valence-electron chi connectivity index (χ4n) is 7.36. The van der Waals surface area contributed by atoms with Gasteiger partial charge in [0.2, 0.25) is 59.1 Å². The van der Waals surface area contributed by atoms with Crippen molar-refractivity contribution >= 4 is 59.1 Å². The largest absolute Gasteiger partial charge is 0.385 e. The lowest BCUT2D eigenvalue weighted by molar-refractivity contribution is -0.125. The van der Waals surface area contributed by atoms with Gasteiger partial charge in [-0.25, -0.2) is 0 Å². The van der Waals surface area contributed by atoms with Crippen LogP contribution in [0.1, 0.15) is 173 Å². The number of likely N-dealkylation sites (N-methyl/N-ethyl adjacent to an activating group) is 2. The van der Waals surface area contributed by atoms with Gasteiger partial charge in [0, 0.05) is 285 Å². The molecular formula is C79H168N10O26. The highest BCUT2D eigenvalue weighted by Crippen LogP contribution is 2.04. The number of rotatable bonds is 65. The van der Waals surface area contributed by atoms with Gasteiger partial charge in [-0.3, -0.25) is 47.9 Å². The van der Waals surface area contributed by atoms with E-state index >= 15 is 0 Å². The van der Waals surface area contributed by atoms with E-state index in [0.29, 0.717) is 144 Å². The maximum absolute atomic E-state index is 10.8. The summed E-state index contributed by atoms with van der Waals surface area (Å²) in [5.74, 6) is 0.464. The van der Waals surface area contributed by atoms with Crippen LogP contribution < -0.4 is 53.2 Å². The summed E-state index contributed by atoms with van der Waals surface area (Å²) >= 11 is 0. The molecule has 0 aliphatic heterocycles. The van der Waals surface area contributed by atoms with E-state index in [9.17, 15) is 47.9 Å². The SMILES string of the molecule is CNC(=O)CCCCCCOC.CNC(=O)CCCCCOC.CNC(=O)CCCCOC.CNC(=O)CCCCOCCOC.CNC(=O)CCCOCCCOC.CNC(=O)CCCOCCOC.CNC(=O)CCOCCCCOC.CNC(=O)CCOCCCOC.CNC(=O)COC.CNC(=O)COCCCCOC. The molecule has 0 aliphatic carbocycles. The minimum atomic E-state index is -0.0949. The molecule has 0 fully saturated rings. The van der Waals surface area contributed by atoms with Gasteiger partial charge in [0.05, 0.1) is 39.6 Å². The molecule has 0 saturated heterocycles. The molecule has 36 heteroatoms. The number of hydrogen-bond donors (Lipinski definition) is 10. The molecule has 690 valence electrons. The number of unbranched alkanes of at least 4 members (excludes halogenated alkanes) is 9. The van der Waals surface area contributed by atoms with Crippen molar-refractivity contribution < 1.29 is 124 Å². The molecule has 0 atom stereocenters. The fourth-order valence-corrected chi connectivity index (χ4v) is 7.36. The van der Waals surface area contributed by atoms with Crippen LogP contribution >= 0.6 is 0 Å². The van der Waals surface area contributed by atoms with Crippen molar-refractivity contribution in [2.24, 2.45) is 0 Å². The van der Waals surface area contributed by atoms with Gasteiger partial charge in [0.25, 0.3) is 0 Å². The predicted octanol–water partition coefficient (Wildman–Crippen LogP) is 4.42. The molecule has 0 heterocycles. The van der Waals surface area contributed by atoms with E-state index in [1.807, 2.05) is 0 Å². The fraction of sp³-hybridized carbons (Fsp3) is 0.873. The molecule has 0 aromatic carbocycles. The van der Waals surface area contributed by atoms with Crippen LogP contribution in [0.15, 0.2) is 0 Å². The van der Waals surface area contributed by atoms with Gasteiger partial charge >= 0.3 is 0 Å². The van der Waals surface area contributed by atoms with Crippen molar-refractivity contribution in [3.8, 4) is 0 Å². The van der Waals surface area contributed by atoms with Crippen LogP contribution in [0.3, 0.4) is 0 Å². The summed E-state index contributed by atoms with van der Waals surface area (Å²) in [4.78, 5) is 107. The zero-order chi connectivity index (χ0) is 88.8. The van der Waals surface area contributed by atoms with E-state index in [-0.39, 0.29) is 72.3 Å². The van der Waals surface area contributed by atoms with E-state index in [0.717, 1.165) is 162 Å². The molecular weight excluding hydrogens is 1500 g/mol. The number of hydrogen-bond acceptors (Lipinski definition) is 26. The summed E-state index contributed by atoms with van der Waals surface area (Å²) in [7, 11) is 32.8. The van der Waals surface area contributed by atoms with E-state index in [1.54, 1.807) is 134 Å². The second-order valence-corrected chi connectivity index (χ2v) is 23.9. The lowest BCUT2D eigenvalue weighted by Gasteiger charge is -2.03. The Kier molecular flexibility index (Phi) is 142. The van der Waals surface area contributed by atoms with Crippen molar-refractivity contribution in [1.29, 1.82) is 0 Å². The smallest absolute Gasteiger partial charge is 0.245 e. The van der Waals surface area contributed by atoms with Crippen molar-refractivity contribution in [2.75, 3.05) is 287 Å². The standard InChI is InChI=1S/3C9H19NO3.C9H19NO2.3C8H17NO3.C8H17NO2.C7H15NO2.C4H9NO2/c1-10-9(11)5-3-7-13-8-4-6-12-2;1-10-9(11)5-8-13-7-4-3-6-12-2;1-10-9(11)5-3-4-6-13-8-7-12-2;1-10-9(11)7-5-3-4-6-8-12-2;1-9-8(10)4-7-12-6-3-5-11-2;1-9-8(10)4-3-5-12-7-6-11-2;1-9-8(10)7-12-6-4-3-5-11-2;1-9-8(10)6-4-3-5-7-11-2;1-8-7(9)5-3-4-6-10-2;1-5-4(6)3-7-2/h3*3-8H2,1-2H3,(H,10,11);3-8H2,1-2H3,(H,10,11);3*3-7H2,1-2H3,(H,9,10);3-7H2,1-2H3,(H,9,10);3-6H2,1-2H3,(H,8,9);3H2,1-2H3,(H,5,6). The van der Waals surface area contributed by atoms with Crippen molar-refractivity contribution in [2.45, 2.75) is 173 Å². The highest BCUT2D eigenvalue weighted by atomic mass is 16.5. The average molecular weight is 1670 g/mol. The summed E-state index contributed by atoms with van der Waals surface area (Å²) in [6.07, 6.45) is 22.8. The first kappa shape index (κ1) is 130. The van der Waals surface area contributed by atoms with Crippen molar-refractivity contribution in [3.05, 3.63) is 0 Å². The topological polar surface area (TPSA) is 439 Å². The molecule has 0 aliphatic rings. The molecule has 0 unspecified atom stereocenters. The Labute approximate surface area is 693 Å². The van der Waals surface area contributed by atoms with E-state index in [4.69, 9.17) is 71.1 Å². The first-order valence-electron chi connectivity index (χ1n) is 40.0. The van der Waals surface area contributed by atoms with Gasteiger partial charge in [-0.1, -0.05) is 19.3 Å². The van der Waals surface area contributed by atoms with Crippen LogP contribution in [0, 0.1) is 0 Å². The summed E-state index contributed by atoms with van der Waals surface area (Å²) < 4.78 is 79.3. The van der Waals surface area contributed by atoms with Crippen LogP contribution in [0.5, 0.6) is 0 Å². The Morgan fingerprint density at radius 3 is 0.617 bits per heavy atom. The highest BCUT2D eigenvalue weighted by molar-refractivity contribution is 5.78. The lowest BCUT2D eigenvalue weighted by Crippen LogP contribution is -2.23. The van der Waals surface area contributed by atoms with E-state index < -0.39 is 0 Å². The second kappa shape index (κ2) is 126. The number of ether oxygens (including phenoxy) is 16. The normalized spacial score (nSPS) is 9.74. The molecule has 0 spiro atoms. The van der Waals surface area contributed by atoms with Gasteiger partial charge < -0.3 is 129 Å². The van der Waals surface area contributed by atoms with Gasteiger partial charge in [0.1, 0.15) is 13.2 Å². The minimum Gasteiger partial charge on any atom is -0.385 e. The van der Waals surface area contributed by atoms with Crippen LogP contribution in [0.2, 0.25) is 0 Å². The van der Waals surface area contributed by atoms with E-state index in [2.05, 4.69) is 57.9 Å². The molecule has 0 aromatic rings. The molecule has 10 N–H and O–H groups in total. The summed E-state index contributed by atoms with van der Waals surface area (Å²) in [5.41, 5.74) is 0. The van der Waals surface area contributed by atoms with Gasteiger partial charge in [-0.05, 0) is 103 Å². The zero-order valence-electron chi connectivity index (χ0n) is 75.3. The first-order chi connectivity index (χ1) is 55.6. The molecule has 0 aromatic heterocycles. The Morgan fingerprint density at radius 2 is 0.330 bits per heavy atom. The molecule has 36 nitrogen and oxygen atoms in total. The minimum absolute atomic E-state index is 0.0155. The average Bonchev–Trinajstić information content (AvgIpc) is 1.47. The van der Waals surface area contributed by atoms with Crippen LogP contribution in [-0.4, -0.2) is 346 Å². The number of carbonyl (C=O) groups excluding carboxylic acids is 10. The summed E-state index contributed by atoms with van der Waals surface area (Å²) in [6.45, 7) is 13.8. The maximum atomic E-state index is 10.8. The first-order valence-corrected chi connectivity index (χ1v) is 40.0.